The molecule has 3 aromatic rings. The van der Waals surface area contributed by atoms with Gasteiger partial charge in [0, 0.05) is 20.0 Å². The molecule has 2 aromatic heterocycles. The Balaban J connectivity index is 1.94. The number of imidazole rings is 1. The zero-order chi connectivity index (χ0) is 20.0. The van der Waals surface area contributed by atoms with E-state index in [1.807, 2.05) is 4.57 Å². The summed E-state index contributed by atoms with van der Waals surface area (Å²) in [5.41, 5.74) is 4.31. The molecule has 0 unspecified atom stereocenters. The molecule has 1 aromatic carbocycles. The zero-order valence-corrected chi connectivity index (χ0v) is 17.1. The molecule has 0 saturated heterocycles. The molecule has 4 rings (SSSR count). The zero-order valence-electron chi connectivity index (χ0n) is 17.1. The van der Waals surface area contributed by atoms with Crippen LogP contribution in [0.5, 0.6) is 0 Å². The van der Waals surface area contributed by atoms with Gasteiger partial charge in [-0.15, -0.1) is 0 Å². The summed E-state index contributed by atoms with van der Waals surface area (Å²) in [6.45, 7) is 8.36. The first-order valence-corrected chi connectivity index (χ1v) is 10.0. The minimum Gasteiger partial charge on any atom is -0.267 e. The summed E-state index contributed by atoms with van der Waals surface area (Å²) in [7, 11) is 1.73. The fourth-order valence-corrected chi connectivity index (χ4v) is 4.00. The number of nitrogens with zero attached hydrogens (tertiary/aromatic N) is 4. The van der Waals surface area contributed by atoms with Crippen LogP contribution in [-0.2, 0) is 20.1 Å². The van der Waals surface area contributed by atoms with Crippen molar-refractivity contribution in [2.24, 2.45) is 7.05 Å². The van der Waals surface area contributed by atoms with Crippen molar-refractivity contribution in [1.82, 2.24) is 14.1 Å². The van der Waals surface area contributed by atoms with Crippen molar-refractivity contribution in [3.8, 4) is 0 Å². The molecular weight excluding hydrogens is 354 g/mol. The number of unbranched alkanes of at least 4 members (excludes halogenated alkanes) is 1. The van der Waals surface area contributed by atoms with Gasteiger partial charge in [0.05, 0.1) is 13.1 Å². The molecule has 1 N–H and O–H groups in total. The average molecular weight is 382 g/mol. The first-order valence-electron chi connectivity index (χ1n) is 10.0. The fourth-order valence-electron chi connectivity index (χ4n) is 4.00. The van der Waals surface area contributed by atoms with Crippen molar-refractivity contribution in [3.63, 3.8) is 0 Å². The van der Waals surface area contributed by atoms with Crippen LogP contribution in [0.3, 0.4) is 0 Å². The third-order valence-corrected chi connectivity index (χ3v) is 5.84. The molecule has 7 heteroatoms. The molecule has 3 heterocycles. The highest BCUT2D eigenvalue weighted by molar-refractivity contribution is 5.70. The van der Waals surface area contributed by atoms with Crippen molar-refractivity contribution in [1.29, 1.82) is 0 Å². The quantitative estimate of drug-likeness (QED) is 0.704. The molecule has 1 aliphatic rings. The van der Waals surface area contributed by atoms with Crippen LogP contribution in [0.2, 0.25) is 0 Å². The monoisotopic (exact) mass is 382 g/mol. The lowest BCUT2D eigenvalue weighted by Crippen LogP contribution is -2.49. The van der Waals surface area contributed by atoms with Gasteiger partial charge in [-0.3, -0.25) is 13.9 Å². The Labute approximate surface area is 163 Å². The second-order valence-corrected chi connectivity index (χ2v) is 7.72. The molecule has 148 valence electrons. The lowest BCUT2D eigenvalue weighted by Gasteiger charge is -2.22. The Bertz CT molecular complexity index is 1170. The van der Waals surface area contributed by atoms with Crippen LogP contribution in [0.1, 0.15) is 37.3 Å². The normalized spacial score (nSPS) is 13.9. The van der Waals surface area contributed by atoms with E-state index >= 15 is 0 Å². The van der Waals surface area contributed by atoms with E-state index in [1.165, 1.54) is 15.7 Å². The predicted molar refractivity (Wildman–Crippen MR) is 110 cm³/mol. The number of hydrogen-bond acceptors (Lipinski definition) is 3. The van der Waals surface area contributed by atoms with E-state index in [1.54, 1.807) is 11.6 Å². The summed E-state index contributed by atoms with van der Waals surface area (Å²) in [6.07, 6.45) is 2.69. The van der Waals surface area contributed by atoms with E-state index in [-0.39, 0.29) is 11.2 Å². The number of aromatic amines is 1. The minimum atomic E-state index is -0.261. The second kappa shape index (κ2) is 6.96. The fraction of sp³-hybridized carbons (Fsp3) is 0.476. The highest BCUT2D eigenvalue weighted by Gasteiger charge is 2.33. The second-order valence-electron chi connectivity index (χ2n) is 7.72. The van der Waals surface area contributed by atoms with Gasteiger partial charge in [0.2, 0.25) is 11.2 Å². The number of benzene rings is 1. The molecule has 0 spiro atoms. The van der Waals surface area contributed by atoms with E-state index < -0.39 is 0 Å². The van der Waals surface area contributed by atoms with Crippen molar-refractivity contribution in [3.05, 3.63) is 50.2 Å². The summed E-state index contributed by atoms with van der Waals surface area (Å²) >= 11 is 0. The third kappa shape index (κ3) is 2.77. The van der Waals surface area contributed by atoms with Gasteiger partial charge in [0.25, 0.3) is 5.56 Å². The minimum absolute atomic E-state index is 0.198. The summed E-state index contributed by atoms with van der Waals surface area (Å²) in [5.74, 6) is 0.866. The van der Waals surface area contributed by atoms with Crippen molar-refractivity contribution < 1.29 is 4.57 Å². The molecule has 0 aliphatic carbocycles. The summed E-state index contributed by atoms with van der Waals surface area (Å²) < 4.78 is 4.98. The van der Waals surface area contributed by atoms with Gasteiger partial charge >= 0.3 is 11.6 Å². The average Bonchev–Trinajstić information content (AvgIpc) is 3.08. The van der Waals surface area contributed by atoms with Gasteiger partial charge in [-0.05, 0) is 43.5 Å². The van der Waals surface area contributed by atoms with Crippen LogP contribution in [0.25, 0.3) is 11.2 Å². The maximum Gasteiger partial charge on any atom is 0.364 e. The maximum absolute atomic E-state index is 13.2. The largest absolute Gasteiger partial charge is 0.364 e. The van der Waals surface area contributed by atoms with Crippen molar-refractivity contribution in [2.75, 3.05) is 11.4 Å². The van der Waals surface area contributed by atoms with Crippen LogP contribution < -0.4 is 20.7 Å². The van der Waals surface area contributed by atoms with Gasteiger partial charge in [0.15, 0.2) is 0 Å². The van der Waals surface area contributed by atoms with Crippen LogP contribution in [-0.4, -0.2) is 20.7 Å². The number of nitrogens with one attached hydrogen (secondary N) is 1. The SMILES string of the molecule is CCCCn1c(=O)c2c([nH]c3[n+]2CCCN3c2ccc(C)c(C)c2)n(C)c1=O. The molecule has 0 fully saturated rings. The van der Waals surface area contributed by atoms with Gasteiger partial charge < -0.3 is 0 Å². The van der Waals surface area contributed by atoms with E-state index in [4.69, 9.17) is 0 Å². The number of H-pyrrole nitrogens is 1. The smallest absolute Gasteiger partial charge is 0.267 e. The maximum atomic E-state index is 13.2. The summed E-state index contributed by atoms with van der Waals surface area (Å²) in [5, 5.41) is 0. The van der Waals surface area contributed by atoms with E-state index in [9.17, 15) is 9.59 Å². The number of fused-ring (bicyclic) bond motifs is 3. The van der Waals surface area contributed by atoms with Gasteiger partial charge in [-0.25, -0.2) is 19.2 Å². The summed E-state index contributed by atoms with van der Waals surface area (Å²) in [6, 6.07) is 6.41. The third-order valence-electron chi connectivity index (χ3n) is 5.84. The van der Waals surface area contributed by atoms with Crippen molar-refractivity contribution in [2.45, 2.75) is 53.1 Å². The lowest BCUT2D eigenvalue weighted by atomic mass is 10.1. The Kier molecular flexibility index (Phi) is 4.61. The first-order chi connectivity index (χ1) is 13.4. The van der Waals surface area contributed by atoms with E-state index in [2.05, 4.69) is 48.9 Å². The van der Waals surface area contributed by atoms with Gasteiger partial charge in [-0.1, -0.05) is 19.4 Å². The summed E-state index contributed by atoms with van der Waals surface area (Å²) in [4.78, 5) is 31.5. The number of hydrogen-bond donors (Lipinski definition) is 1. The molecular formula is C21H28N5O2+. The van der Waals surface area contributed by atoms with Crippen LogP contribution in [0.15, 0.2) is 27.8 Å². The molecule has 0 saturated carbocycles. The topological polar surface area (TPSA) is 66.9 Å². The van der Waals surface area contributed by atoms with Crippen molar-refractivity contribution >= 4 is 22.8 Å². The van der Waals surface area contributed by atoms with Crippen LogP contribution in [0.4, 0.5) is 11.6 Å². The lowest BCUT2D eigenvalue weighted by molar-refractivity contribution is -0.663. The van der Waals surface area contributed by atoms with Gasteiger partial charge in [0.1, 0.15) is 5.69 Å². The number of aryl methyl sites for hydroxylation is 4. The number of aromatic nitrogens is 4. The van der Waals surface area contributed by atoms with E-state index in [0.717, 1.165) is 44.0 Å². The molecule has 28 heavy (non-hydrogen) atoms. The molecule has 1 aliphatic heterocycles. The highest BCUT2D eigenvalue weighted by atomic mass is 16.2. The number of anilines is 2. The highest BCUT2D eigenvalue weighted by Crippen LogP contribution is 2.27. The standard InChI is InChI=1S/C21H27N5O2/c1-5-6-10-26-19(27)17-18(23(4)21(26)28)22-20-24(11-7-12-25(17)20)16-9-8-14(2)15(3)13-16/h8-9,13H,5-7,10-12H2,1-4H3/p+1. The number of rotatable bonds is 4. The van der Waals surface area contributed by atoms with Crippen LogP contribution >= 0.6 is 0 Å². The van der Waals surface area contributed by atoms with E-state index in [0.29, 0.717) is 17.7 Å². The predicted octanol–water partition coefficient (Wildman–Crippen LogP) is 2.27. The molecule has 0 bridgehead atoms. The molecule has 7 nitrogen and oxygen atoms in total. The van der Waals surface area contributed by atoms with Gasteiger partial charge in [-0.2, -0.15) is 0 Å². The first kappa shape index (κ1) is 18.5. The Hall–Kier alpha value is -2.83. The Morgan fingerprint density at radius 3 is 2.68 bits per heavy atom. The molecule has 0 radical (unpaired) electrons. The molecule has 0 amide bonds. The van der Waals surface area contributed by atoms with Crippen LogP contribution in [0, 0.1) is 13.8 Å². The Morgan fingerprint density at radius 2 is 1.96 bits per heavy atom. The molecule has 0 atom stereocenters. The Morgan fingerprint density at radius 1 is 1.18 bits per heavy atom.